The number of benzene rings is 2. The summed E-state index contributed by atoms with van der Waals surface area (Å²) in [7, 11) is -0.199. The van der Waals surface area contributed by atoms with Crippen LogP contribution >= 0.6 is 11.6 Å². The lowest BCUT2D eigenvalue weighted by atomic mass is 9.99. The third-order valence-electron chi connectivity index (χ3n) is 6.13. The molecule has 2 aromatic carbocycles. The van der Waals surface area contributed by atoms with Crippen LogP contribution in [0.5, 0.6) is 17.2 Å². The number of piperidine rings is 1. The second-order valence-corrected chi connectivity index (χ2v) is 10.8. The molecule has 1 aliphatic rings. The molecule has 37 heavy (non-hydrogen) atoms. The van der Waals surface area contributed by atoms with Crippen LogP contribution in [0.4, 0.5) is 5.69 Å². The number of halogens is 1. The topological polar surface area (TPSA) is 120 Å². The molecule has 12 heteroatoms. The first kappa shape index (κ1) is 28.4. The molecular formula is C25H31ClN2O8S. The molecule has 0 aliphatic carbocycles. The summed E-state index contributed by atoms with van der Waals surface area (Å²) >= 11 is 6.16. The number of rotatable bonds is 9. The molecule has 10 nitrogen and oxygen atoms in total. The molecule has 3 rings (SSSR count). The van der Waals surface area contributed by atoms with E-state index in [0.29, 0.717) is 24.8 Å². The zero-order valence-corrected chi connectivity index (χ0v) is 22.9. The van der Waals surface area contributed by atoms with Gasteiger partial charge in [0.15, 0.2) is 6.10 Å². The summed E-state index contributed by atoms with van der Waals surface area (Å²) in [5.41, 5.74) is -0.00813. The predicted octanol–water partition coefficient (Wildman–Crippen LogP) is 3.97. The fourth-order valence-electron chi connectivity index (χ4n) is 3.92. The molecule has 1 fully saturated rings. The van der Waals surface area contributed by atoms with Crippen LogP contribution in [0.25, 0.3) is 0 Å². The number of esters is 1. The summed E-state index contributed by atoms with van der Waals surface area (Å²) < 4.78 is 50.0. The Labute approximate surface area is 221 Å². The summed E-state index contributed by atoms with van der Waals surface area (Å²) in [6, 6.07) is 6.61. The van der Waals surface area contributed by atoms with E-state index in [1.54, 1.807) is 4.90 Å². The molecule has 1 amide bonds. The van der Waals surface area contributed by atoms with Crippen LogP contribution in [0, 0.1) is 5.92 Å². The van der Waals surface area contributed by atoms with E-state index in [1.165, 1.54) is 52.5 Å². The zero-order chi connectivity index (χ0) is 27.3. The molecule has 1 saturated heterocycles. The maximum Gasteiger partial charge on any atom is 0.338 e. The van der Waals surface area contributed by atoms with Crippen LogP contribution < -0.4 is 18.9 Å². The highest BCUT2D eigenvalue weighted by Gasteiger charge is 2.29. The summed E-state index contributed by atoms with van der Waals surface area (Å²) in [5.74, 6) is -0.120. The van der Waals surface area contributed by atoms with E-state index in [-0.39, 0.29) is 38.6 Å². The van der Waals surface area contributed by atoms with Gasteiger partial charge in [-0.3, -0.25) is 9.52 Å². The number of methoxy groups -OCH3 is 3. The van der Waals surface area contributed by atoms with E-state index >= 15 is 0 Å². The Bertz CT molecular complexity index is 1260. The van der Waals surface area contributed by atoms with E-state index < -0.39 is 22.1 Å². The molecule has 202 valence electrons. The van der Waals surface area contributed by atoms with E-state index in [0.717, 1.165) is 18.9 Å². The maximum absolute atomic E-state index is 13.3. The first-order valence-corrected chi connectivity index (χ1v) is 13.5. The minimum atomic E-state index is -4.29. The minimum absolute atomic E-state index is 0.00538. The molecule has 1 heterocycles. The molecule has 1 aliphatic heterocycles. The van der Waals surface area contributed by atoms with Gasteiger partial charge in [0.1, 0.15) is 22.1 Å². The monoisotopic (exact) mass is 554 g/mol. The van der Waals surface area contributed by atoms with Gasteiger partial charge >= 0.3 is 5.97 Å². The lowest BCUT2D eigenvalue weighted by Crippen LogP contribution is -2.44. The molecule has 0 bridgehead atoms. The zero-order valence-electron chi connectivity index (χ0n) is 21.4. The van der Waals surface area contributed by atoms with Crippen LogP contribution in [0.1, 0.15) is 37.0 Å². The second-order valence-electron chi connectivity index (χ2n) is 8.71. The number of hydrogen-bond acceptors (Lipinski definition) is 8. The fourth-order valence-corrected chi connectivity index (χ4v) is 5.42. The van der Waals surface area contributed by atoms with Crippen molar-refractivity contribution in [3.05, 3.63) is 40.9 Å². The highest BCUT2D eigenvalue weighted by molar-refractivity contribution is 7.92. The Morgan fingerprint density at radius 3 is 2.22 bits per heavy atom. The van der Waals surface area contributed by atoms with Crippen LogP contribution in [0.2, 0.25) is 5.02 Å². The third-order valence-corrected chi connectivity index (χ3v) is 7.82. The normalized spacial score (nSPS) is 15.0. The summed E-state index contributed by atoms with van der Waals surface area (Å²) in [6.45, 7) is 4.85. The average Bonchev–Trinajstić information content (AvgIpc) is 2.88. The minimum Gasteiger partial charge on any atom is -0.495 e. The van der Waals surface area contributed by atoms with E-state index in [4.69, 9.17) is 30.5 Å². The lowest BCUT2D eigenvalue weighted by molar-refractivity contribution is -0.141. The molecule has 2 aromatic rings. The number of nitrogens with zero attached hydrogens (tertiary/aromatic N) is 1. The first-order valence-electron chi connectivity index (χ1n) is 11.6. The van der Waals surface area contributed by atoms with Crippen molar-refractivity contribution in [3.8, 4) is 17.2 Å². The molecule has 1 unspecified atom stereocenters. The molecule has 0 spiro atoms. The number of amides is 1. The number of anilines is 1. The molecular weight excluding hydrogens is 524 g/mol. The van der Waals surface area contributed by atoms with Gasteiger partial charge in [-0.05, 0) is 49.9 Å². The summed E-state index contributed by atoms with van der Waals surface area (Å²) in [4.78, 5) is 26.9. The number of nitrogens with one attached hydrogen (secondary N) is 1. The highest BCUT2D eigenvalue weighted by atomic mass is 35.5. The van der Waals surface area contributed by atoms with Gasteiger partial charge in [0, 0.05) is 19.2 Å². The van der Waals surface area contributed by atoms with E-state index in [1.807, 2.05) is 0 Å². The van der Waals surface area contributed by atoms with Crippen molar-refractivity contribution in [1.29, 1.82) is 0 Å². The van der Waals surface area contributed by atoms with Crippen LogP contribution in [-0.2, 0) is 19.6 Å². The average molecular weight is 555 g/mol. The number of ether oxygens (including phenoxy) is 4. The molecule has 0 radical (unpaired) electrons. The van der Waals surface area contributed by atoms with E-state index in [2.05, 4.69) is 11.6 Å². The highest BCUT2D eigenvalue weighted by Crippen LogP contribution is 2.38. The molecule has 1 atom stereocenters. The maximum atomic E-state index is 13.3. The third kappa shape index (κ3) is 6.58. The molecule has 1 N–H and O–H groups in total. The SMILES string of the molecule is COc1cc(OC)c(NS(=O)(=O)c2cc(C(=O)OC(C)C(=O)N3CCC(C)CC3)ccc2OC)cc1Cl. The summed E-state index contributed by atoms with van der Waals surface area (Å²) in [6.07, 6.45) is 0.763. The fraction of sp³-hybridized carbons (Fsp3) is 0.440. The Morgan fingerprint density at radius 1 is 1.00 bits per heavy atom. The Morgan fingerprint density at radius 2 is 1.62 bits per heavy atom. The van der Waals surface area contributed by atoms with Crippen molar-refractivity contribution in [1.82, 2.24) is 4.90 Å². The molecule has 0 saturated carbocycles. The van der Waals surface area contributed by atoms with Gasteiger partial charge in [0.2, 0.25) is 0 Å². The van der Waals surface area contributed by atoms with Gasteiger partial charge in [0.05, 0.1) is 37.6 Å². The van der Waals surface area contributed by atoms with Gasteiger partial charge in [0.25, 0.3) is 15.9 Å². The van der Waals surface area contributed by atoms with Gasteiger partial charge in [-0.15, -0.1) is 0 Å². The van der Waals surface area contributed by atoms with Crippen LogP contribution in [0.15, 0.2) is 35.2 Å². The van der Waals surface area contributed by atoms with Crippen molar-refractivity contribution < 1.29 is 37.0 Å². The Hall–Kier alpha value is -3.18. The molecule has 0 aromatic heterocycles. The Balaban J connectivity index is 1.84. The largest absolute Gasteiger partial charge is 0.495 e. The second kappa shape index (κ2) is 11.9. The first-order chi connectivity index (χ1) is 17.5. The van der Waals surface area contributed by atoms with Crippen LogP contribution in [0.3, 0.4) is 0 Å². The number of carbonyl (C=O) groups excluding carboxylic acids is 2. The number of hydrogen-bond donors (Lipinski definition) is 1. The van der Waals surface area contributed by atoms with Crippen molar-refractivity contribution in [3.63, 3.8) is 0 Å². The number of likely N-dealkylation sites (tertiary alicyclic amines) is 1. The quantitative estimate of drug-likeness (QED) is 0.462. The van der Waals surface area contributed by atoms with E-state index in [9.17, 15) is 18.0 Å². The Kier molecular flexibility index (Phi) is 9.14. The van der Waals surface area contributed by atoms with Crippen molar-refractivity contribution >= 4 is 39.2 Å². The lowest BCUT2D eigenvalue weighted by Gasteiger charge is -2.31. The van der Waals surface area contributed by atoms with Crippen LogP contribution in [-0.4, -0.2) is 65.7 Å². The van der Waals surface area contributed by atoms with Crippen molar-refractivity contribution in [2.24, 2.45) is 5.92 Å². The number of sulfonamides is 1. The van der Waals surface area contributed by atoms with Crippen molar-refractivity contribution in [2.75, 3.05) is 39.1 Å². The standard InChI is InChI=1S/C25H31ClN2O8S/c1-15-8-10-28(11-9-15)24(29)16(2)36-25(30)17-6-7-20(33-3)23(12-17)37(31,32)27-19-13-18(26)21(34-4)14-22(19)35-5/h6-7,12-16,27H,8-11H2,1-5H3. The van der Waals surface area contributed by atoms with Gasteiger partial charge in [-0.25, -0.2) is 13.2 Å². The predicted molar refractivity (Wildman–Crippen MR) is 138 cm³/mol. The van der Waals surface area contributed by atoms with Gasteiger partial charge in [-0.1, -0.05) is 18.5 Å². The number of carbonyl (C=O) groups is 2. The van der Waals surface area contributed by atoms with Crippen molar-refractivity contribution in [2.45, 2.75) is 37.7 Å². The summed E-state index contributed by atoms with van der Waals surface area (Å²) in [5, 5.41) is 0.159. The van der Waals surface area contributed by atoms with Gasteiger partial charge < -0.3 is 23.8 Å². The smallest absolute Gasteiger partial charge is 0.338 e. The van der Waals surface area contributed by atoms with Gasteiger partial charge in [-0.2, -0.15) is 0 Å².